The van der Waals surface area contributed by atoms with E-state index in [-0.39, 0.29) is 0 Å². The third kappa shape index (κ3) is 8.19. The van der Waals surface area contributed by atoms with Crippen LogP contribution in [0.2, 0.25) is 0 Å². The number of anilines is 4. The number of hydrogen-bond donors (Lipinski definition) is 4. The van der Waals surface area contributed by atoms with Crippen molar-refractivity contribution in [2.24, 2.45) is 31.4 Å². The Labute approximate surface area is 225 Å². The zero-order valence-corrected chi connectivity index (χ0v) is 22.9. The average molecular weight is 538 g/mol. The molecule has 2 aromatic carbocycles. The molecule has 2 aromatic heterocycles. The topological polar surface area (TPSA) is 99.5 Å². The Bertz CT molecular complexity index is 1250. The normalized spacial score (nSPS) is 11.1. The second-order valence-electron chi connectivity index (χ2n) is 8.25. The van der Waals surface area contributed by atoms with Crippen LogP contribution in [0.15, 0.2) is 83.5 Å². The second kappa shape index (κ2) is 13.6. The van der Waals surface area contributed by atoms with E-state index in [1.165, 1.54) is 0 Å². The SMILES string of the molecule is Cn1ccnc1/N=N/c1ccc(NCCSSCCNc2ccc(NNc3n(C)cc[n+]3C)cc2)cc1. The van der Waals surface area contributed by atoms with Gasteiger partial charge in [-0.05, 0) is 48.5 Å². The first kappa shape index (κ1) is 26.4. The predicted octanol–water partition coefficient (Wildman–Crippen LogP) is 5.34. The van der Waals surface area contributed by atoms with E-state index in [0.29, 0.717) is 5.95 Å². The molecule has 0 atom stereocenters. The van der Waals surface area contributed by atoms with Crippen LogP contribution in [-0.4, -0.2) is 38.7 Å². The monoisotopic (exact) mass is 537 g/mol. The fraction of sp³-hybridized carbons (Fsp3) is 0.280. The molecule has 4 rings (SSSR count). The number of benzene rings is 2. The Morgan fingerprint density at radius 1 is 0.784 bits per heavy atom. The highest BCUT2D eigenvalue weighted by molar-refractivity contribution is 8.76. The Hall–Kier alpha value is -3.64. The maximum Gasteiger partial charge on any atom is 0.378 e. The fourth-order valence-electron chi connectivity index (χ4n) is 3.36. The van der Waals surface area contributed by atoms with Crippen molar-refractivity contribution in [1.82, 2.24) is 14.1 Å². The third-order valence-corrected chi connectivity index (χ3v) is 7.82. The van der Waals surface area contributed by atoms with Crippen LogP contribution in [0, 0.1) is 0 Å². The molecule has 4 aromatic rings. The summed E-state index contributed by atoms with van der Waals surface area (Å²) < 4.78 is 5.86. The molecule has 0 aliphatic heterocycles. The highest BCUT2D eigenvalue weighted by Crippen LogP contribution is 2.22. The van der Waals surface area contributed by atoms with Crippen molar-refractivity contribution in [3.63, 3.8) is 0 Å². The zero-order valence-electron chi connectivity index (χ0n) is 21.3. The van der Waals surface area contributed by atoms with Crippen LogP contribution in [-0.2, 0) is 21.1 Å². The Balaban J connectivity index is 1.05. The fourth-order valence-corrected chi connectivity index (χ4v) is 5.17. The summed E-state index contributed by atoms with van der Waals surface area (Å²) in [6.07, 6.45) is 7.55. The Kier molecular flexibility index (Phi) is 9.72. The molecule has 37 heavy (non-hydrogen) atoms. The third-order valence-electron chi connectivity index (χ3n) is 5.42. The van der Waals surface area contributed by atoms with Gasteiger partial charge in [0.2, 0.25) is 5.95 Å². The first-order valence-corrected chi connectivity index (χ1v) is 14.4. The summed E-state index contributed by atoms with van der Waals surface area (Å²) in [6.45, 7) is 1.83. The minimum Gasteiger partial charge on any atom is -0.384 e. The standard InChI is InChI=1S/C25H32N10S2/c1-33-15-12-28-24(33)31-29-22-8-4-20(5-9-22)26-13-18-36-37-19-14-27-21-6-10-23(11-7-21)30-32-25-34(2)16-17-35(25)3/h4-12,15-17H,13-14,18-19H2,1-3H3,(H3,26,27,28,29,30,31)/p+1. The first-order chi connectivity index (χ1) is 18.1. The highest BCUT2D eigenvalue weighted by Gasteiger charge is 2.09. The van der Waals surface area contributed by atoms with Crippen molar-refractivity contribution in [2.75, 3.05) is 46.1 Å². The van der Waals surface area contributed by atoms with Crippen molar-refractivity contribution in [3.05, 3.63) is 73.3 Å². The predicted molar refractivity (Wildman–Crippen MR) is 156 cm³/mol. The van der Waals surface area contributed by atoms with Gasteiger partial charge in [-0.1, -0.05) is 21.6 Å². The molecule has 12 heteroatoms. The van der Waals surface area contributed by atoms with E-state index >= 15 is 0 Å². The van der Waals surface area contributed by atoms with Crippen LogP contribution in [0.5, 0.6) is 0 Å². The van der Waals surface area contributed by atoms with Gasteiger partial charge in [0.05, 0.1) is 37.9 Å². The number of aryl methyl sites for hydroxylation is 3. The lowest BCUT2D eigenvalue weighted by Crippen LogP contribution is -2.32. The summed E-state index contributed by atoms with van der Waals surface area (Å²) in [5, 5.41) is 15.3. The Morgan fingerprint density at radius 2 is 1.41 bits per heavy atom. The average Bonchev–Trinajstić information content (AvgIpc) is 3.48. The van der Waals surface area contributed by atoms with Crippen LogP contribution in [0.4, 0.5) is 34.6 Å². The number of aromatic nitrogens is 4. The molecule has 0 saturated carbocycles. The van der Waals surface area contributed by atoms with Crippen molar-refractivity contribution in [1.29, 1.82) is 0 Å². The number of nitrogens with zero attached hydrogens (tertiary/aromatic N) is 6. The minimum absolute atomic E-state index is 0.587. The number of azo groups is 1. The van der Waals surface area contributed by atoms with E-state index in [2.05, 4.69) is 61.0 Å². The van der Waals surface area contributed by atoms with Gasteiger partial charge in [0.1, 0.15) is 0 Å². The molecule has 0 saturated heterocycles. The molecule has 0 aliphatic carbocycles. The lowest BCUT2D eigenvalue weighted by atomic mass is 10.3. The Morgan fingerprint density at radius 3 is 1.97 bits per heavy atom. The lowest BCUT2D eigenvalue weighted by molar-refractivity contribution is -0.656. The van der Waals surface area contributed by atoms with E-state index in [0.717, 1.165) is 53.3 Å². The van der Waals surface area contributed by atoms with Crippen LogP contribution in [0.25, 0.3) is 0 Å². The molecular formula is C25H33N10S2+. The van der Waals surface area contributed by atoms with Crippen LogP contribution in [0.1, 0.15) is 0 Å². The van der Waals surface area contributed by atoms with Gasteiger partial charge in [0, 0.05) is 55.4 Å². The zero-order chi connectivity index (χ0) is 25.9. The summed E-state index contributed by atoms with van der Waals surface area (Å²) in [5.74, 6) is 3.62. The van der Waals surface area contributed by atoms with E-state index in [4.69, 9.17) is 0 Å². The van der Waals surface area contributed by atoms with Gasteiger partial charge < -0.3 is 15.2 Å². The maximum atomic E-state index is 4.23. The molecule has 10 nitrogen and oxygen atoms in total. The molecule has 0 bridgehead atoms. The summed E-state index contributed by atoms with van der Waals surface area (Å²) in [6, 6.07) is 16.2. The summed E-state index contributed by atoms with van der Waals surface area (Å²) in [4.78, 5) is 4.14. The van der Waals surface area contributed by atoms with E-state index in [1.807, 2.05) is 99.3 Å². The molecular weight excluding hydrogens is 504 g/mol. The maximum absolute atomic E-state index is 4.23. The lowest BCUT2D eigenvalue weighted by Gasteiger charge is -2.09. The smallest absolute Gasteiger partial charge is 0.378 e. The van der Waals surface area contributed by atoms with Crippen molar-refractivity contribution in [2.45, 2.75) is 0 Å². The molecule has 0 aliphatic rings. The molecule has 0 radical (unpaired) electrons. The van der Waals surface area contributed by atoms with Gasteiger partial charge >= 0.3 is 5.95 Å². The van der Waals surface area contributed by atoms with Crippen molar-refractivity contribution in [3.8, 4) is 0 Å². The van der Waals surface area contributed by atoms with E-state index in [9.17, 15) is 0 Å². The number of imidazole rings is 2. The van der Waals surface area contributed by atoms with Gasteiger partial charge in [-0.15, -0.1) is 10.2 Å². The molecule has 194 valence electrons. The number of rotatable bonds is 14. The first-order valence-electron chi connectivity index (χ1n) is 11.9. The largest absolute Gasteiger partial charge is 0.384 e. The second-order valence-corrected chi connectivity index (χ2v) is 11.0. The number of hydrazine groups is 1. The number of hydrogen-bond acceptors (Lipinski definition) is 9. The highest BCUT2D eigenvalue weighted by atomic mass is 33.1. The van der Waals surface area contributed by atoms with Crippen LogP contribution >= 0.6 is 21.6 Å². The van der Waals surface area contributed by atoms with Gasteiger partial charge in [0.15, 0.2) is 0 Å². The van der Waals surface area contributed by atoms with Crippen LogP contribution < -0.4 is 26.1 Å². The van der Waals surface area contributed by atoms with Gasteiger partial charge in [-0.2, -0.15) is 5.43 Å². The minimum atomic E-state index is 0.587. The van der Waals surface area contributed by atoms with E-state index < -0.39 is 0 Å². The summed E-state index contributed by atoms with van der Waals surface area (Å²) in [5.41, 5.74) is 10.5. The number of nitrogens with one attached hydrogen (secondary N) is 4. The molecule has 4 N–H and O–H groups in total. The van der Waals surface area contributed by atoms with Gasteiger partial charge in [0.25, 0.3) is 0 Å². The molecule has 0 spiro atoms. The van der Waals surface area contributed by atoms with Crippen molar-refractivity contribution < 1.29 is 4.57 Å². The molecule has 2 heterocycles. The summed E-state index contributed by atoms with van der Waals surface area (Å²) >= 11 is 0. The van der Waals surface area contributed by atoms with Crippen LogP contribution in [0.3, 0.4) is 0 Å². The molecule has 0 fully saturated rings. The quantitative estimate of drug-likeness (QED) is 0.0566. The van der Waals surface area contributed by atoms with Crippen molar-refractivity contribution >= 4 is 56.2 Å². The molecule has 0 unspecified atom stereocenters. The van der Waals surface area contributed by atoms with Gasteiger partial charge in [-0.25, -0.2) is 14.1 Å². The van der Waals surface area contributed by atoms with Gasteiger partial charge in [-0.3, -0.25) is 5.43 Å². The summed E-state index contributed by atoms with van der Waals surface area (Å²) in [7, 11) is 9.66. The molecule has 0 amide bonds. The van der Waals surface area contributed by atoms with E-state index in [1.54, 1.807) is 6.20 Å².